The molecule has 180 valence electrons. The Balaban J connectivity index is 1.94. The van der Waals surface area contributed by atoms with Crippen LogP contribution in [-0.4, -0.2) is 52.5 Å². The number of amides is 1. The fraction of sp³-hybridized carbons (Fsp3) is 0.480. The van der Waals surface area contributed by atoms with Gasteiger partial charge >= 0.3 is 0 Å². The predicted octanol–water partition coefficient (Wildman–Crippen LogP) is 4.31. The molecular weight excluding hydrogens is 440 g/mol. The van der Waals surface area contributed by atoms with E-state index in [0.717, 1.165) is 48.9 Å². The molecule has 1 fully saturated rings. The summed E-state index contributed by atoms with van der Waals surface area (Å²) in [5, 5.41) is 0. The van der Waals surface area contributed by atoms with Crippen molar-refractivity contribution in [2.75, 3.05) is 32.7 Å². The molecular formula is C25H34N2O5S. The molecule has 8 heteroatoms. The molecule has 0 aliphatic heterocycles. The van der Waals surface area contributed by atoms with Gasteiger partial charge in [0, 0.05) is 24.8 Å². The topological polar surface area (TPSA) is 76.2 Å². The molecule has 0 heterocycles. The van der Waals surface area contributed by atoms with Crippen LogP contribution in [0.3, 0.4) is 0 Å². The standard InChI is InChI=1S/C25H34N2O5S/c1-18-11-12-21(15-19(18)2)26(3)25(28)17-27(20-9-7-6-8-10-20)33(29,30)22-13-14-23(31-4)24(16-22)32-5/h11-16,20H,6-10,17H2,1-5H3. The van der Waals surface area contributed by atoms with Crippen LogP contribution >= 0.6 is 0 Å². The van der Waals surface area contributed by atoms with Gasteiger partial charge < -0.3 is 14.4 Å². The lowest BCUT2D eigenvalue weighted by molar-refractivity contribution is -0.119. The summed E-state index contributed by atoms with van der Waals surface area (Å²) in [5.74, 6) is 0.514. The maximum atomic E-state index is 13.8. The van der Waals surface area contributed by atoms with Crippen LogP contribution < -0.4 is 14.4 Å². The van der Waals surface area contributed by atoms with E-state index in [0.29, 0.717) is 11.5 Å². The third kappa shape index (κ3) is 5.50. The highest BCUT2D eigenvalue weighted by Crippen LogP contribution is 2.33. The smallest absolute Gasteiger partial charge is 0.243 e. The first-order valence-electron chi connectivity index (χ1n) is 11.3. The minimum absolute atomic E-state index is 0.0901. The van der Waals surface area contributed by atoms with Gasteiger partial charge in [-0.2, -0.15) is 4.31 Å². The van der Waals surface area contributed by atoms with Gasteiger partial charge in [-0.3, -0.25) is 4.79 Å². The molecule has 3 rings (SSSR count). The van der Waals surface area contributed by atoms with E-state index in [1.165, 1.54) is 35.6 Å². The number of hydrogen-bond donors (Lipinski definition) is 0. The molecule has 33 heavy (non-hydrogen) atoms. The van der Waals surface area contributed by atoms with Crippen LogP contribution in [0.2, 0.25) is 0 Å². The molecule has 7 nitrogen and oxygen atoms in total. The Kier molecular flexibility index (Phi) is 8.02. The van der Waals surface area contributed by atoms with Crippen molar-refractivity contribution in [1.82, 2.24) is 4.31 Å². The summed E-state index contributed by atoms with van der Waals surface area (Å²) >= 11 is 0. The number of benzene rings is 2. The third-order valence-electron chi connectivity index (χ3n) is 6.49. The van der Waals surface area contributed by atoms with Crippen molar-refractivity contribution >= 4 is 21.6 Å². The maximum Gasteiger partial charge on any atom is 0.243 e. The number of anilines is 1. The van der Waals surface area contributed by atoms with Gasteiger partial charge in [-0.15, -0.1) is 0 Å². The Morgan fingerprint density at radius 1 is 0.939 bits per heavy atom. The number of carbonyl (C=O) groups is 1. The molecule has 0 unspecified atom stereocenters. The van der Waals surface area contributed by atoms with Crippen LogP contribution in [-0.2, 0) is 14.8 Å². The summed E-state index contributed by atoms with van der Waals surface area (Å²) in [6, 6.07) is 10.1. The van der Waals surface area contributed by atoms with Crippen molar-refractivity contribution < 1.29 is 22.7 Å². The van der Waals surface area contributed by atoms with Crippen molar-refractivity contribution in [2.24, 2.45) is 0 Å². The van der Waals surface area contributed by atoms with Crippen LogP contribution in [0.4, 0.5) is 5.69 Å². The monoisotopic (exact) mass is 474 g/mol. The van der Waals surface area contributed by atoms with E-state index >= 15 is 0 Å². The quantitative estimate of drug-likeness (QED) is 0.570. The number of rotatable bonds is 8. The van der Waals surface area contributed by atoms with E-state index in [2.05, 4.69) is 0 Å². The van der Waals surface area contributed by atoms with Gasteiger partial charge in [0.1, 0.15) is 0 Å². The van der Waals surface area contributed by atoms with E-state index in [1.54, 1.807) is 13.1 Å². The molecule has 1 aliphatic carbocycles. The highest BCUT2D eigenvalue weighted by molar-refractivity contribution is 7.89. The van der Waals surface area contributed by atoms with Crippen LogP contribution in [0.5, 0.6) is 11.5 Å². The van der Waals surface area contributed by atoms with Crippen molar-refractivity contribution in [2.45, 2.75) is 56.9 Å². The zero-order valence-corrected chi connectivity index (χ0v) is 20.9. The molecule has 2 aromatic carbocycles. The van der Waals surface area contributed by atoms with Crippen LogP contribution in [0.1, 0.15) is 43.2 Å². The number of sulfonamides is 1. The second-order valence-corrected chi connectivity index (χ2v) is 10.5. The number of aryl methyl sites for hydroxylation is 2. The Bertz CT molecular complexity index is 1090. The molecule has 1 amide bonds. The molecule has 0 spiro atoms. The molecule has 0 aromatic heterocycles. The van der Waals surface area contributed by atoms with E-state index in [-0.39, 0.29) is 23.4 Å². The number of hydrogen-bond acceptors (Lipinski definition) is 5. The minimum atomic E-state index is -3.93. The fourth-order valence-electron chi connectivity index (χ4n) is 4.21. The zero-order valence-electron chi connectivity index (χ0n) is 20.1. The minimum Gasteiger partial charge on any atom is -0.493 e. The second kappa shape index (κ2) is 10.6. The molecule has 1 saturated carbocycles. The van der Waals surface area contributed by atoms with Gasteiger partial charge in [0.15, 0.2) is 11.5 Å². The number of carbonyl (C=O) groups excluding carboxylic acids is 1. The lowest BCUT2D eigenvalue weighted by atomic mass is 9.95. The molecule has 1 aliphatic rings. The van der Waals surface area contributed by atoms with E-state index < -0.39 is 10.0 Å². The summed E-state index contributed by atoms with van der Waals surface area (Å²) in [4.78, 5) is 14.9. The summed E-state index contributed by atoms with van der Waals surface area (Å²) in [7, 11) is 0.724. The largest absolute Gasteiger partial charge is 0.493 e. The lowest BCUT2D eigenvalue weighted by Crippen LogP contribution is -2.47. The lowest BCUT2D eigenvalue weighted by Gasteiger charge is -2.34. The van der Waals surface area contributed by atoms with E-state index in [1.807, 2.05) is 32.0 Å². The number of nitrogens with zero attached hydrogens (tertiary/aromatic N) is 2. The summed E-state index contributed by atoms with van der Waals surface area (Å²) < 4.78 is 39.4. The normalized spacial score (nSPS) is 14.8. The van der Waals surface area contributed by atoms with Gasteiger partial charge in [-0.1, -0.05) is 25.3 Å². The molecule has 0 atom stereocenters. The van der Waals surface area contributed by atoms with Gasteiger partial charge in [0.05, 0.1) is 25.7 Å². The third-order valence-corrected chi connectivity index (χ3v) is 8.38. The first kappa shape index (κ1) is 25.1. The highest BCUT2D eigenvalue weighted by atomic mass is 32.2. The summed E-state index contributed by atoms with van der Waals surface area (Å²) in [5.41, 5.74) is 2.96. The predicted molar refractivity (Wildman–Crippen MR) is 130 cm³/mol. The van der Waals surface area contributed by atoms with Crippen LogP contribution in [0.15, 0.2) is 41.3 Å². The van der Waals surface area contributed by atoms with Crippen molar-refractivity contribution in [3.63, 3.8) is 0 Å². The van der Waals surface area contributed by atoms with E-state index in [4.69, 9.17) is 9.47 Å². The Morgan fingerprint density at radius 3 is 2.21 bits per heavy atom. The average molecular weight is 475 g/mol. The van der Waals surface area contributed by atoms with Gasteiger partial charge in [0.2, 0.25) is 15.9 Å². The molecule has 2 aromatic rings. The summed E-state index contributed by atoms with van der Waals surface area (Å²) in [6.07, 6.45) is 4.46. The second-order valence-electron chi connectivity index (χ2n) is 8.58. The number of ether oxygens (including phenoxy) is 2. The van der Waals surface area contributed by atoms with Gasteiger partial charge in [0.25, 0.3) is 0 Å². The molecule has 0 bridgehead atoms. The van der Waals surface area contributed by atoms with Crippen molar-refractivity contribution in [1.29, 1.82) is 0 Å². The maximum absolute atomic E-state index is 13.8. The fourth-order valence-corrected chi connectivity index (χ4v) is 5.86. The molecule has 0 N–H and O–H groups in total. The zero-order chi connectivity index (χ0) is 24.2. The van der Waals surface area contributed by atoms with Crippen molar-refractivity contribution in [3.05, 3.63) is 47.5 Å². The van der Waals surface area contributed by atoms with E-state index in [9.17, 15) is 13.2 Å². The van der Waals surface area contributed by atoms with Gasteiger partial charge in [-0.05, 0) is 62.1 Å². The summed E-state index contributed by atoms with van der Waals surface area (Å²) in [6.45, 7) is 3.79. The SMILES string of the molecule is COc1ccc(S(=O)(=O)N(CC(=O)N(C)c2ccc(C)c(C)c2)C2CCCCC2)cc1OC. The molecule has 0 radical (unpaired) electrons. The van der Waals surface area contributed by atoms with Crippen LogP contribution in [0, 0.1) is 13.8 Å². The first-order valence-corrected chi connectivity index (χ1v) is 12.7. The first-order chi connectivity index (χ1) is 15.7. The average Bonchev–Trinajstić information content (AvgIpc) is 2.83. The molecule has 0 saturated heterocycles. The highest BCUT2D eigenvalue weighted by Gasteiger charge is 2.35. The Morgan fingerprint density at radius 2 is 1.61 bits per heavy atom. The Labute approximate surface area is 197 Å². The van der Waals surface area contributed by atoms with Gasteiger partial charge in [-0.25, -0.2) is 8.42 Å². The van der Waals surface area contributed by atoms with Crippen LogP contribution in [0.25, 0.3) is 0 Å². The number of methoxy groups -OCH3 is 2. The Hall–Kier alpha value is -2.58. The van der Waals surface area contributed by atoms with Crippen molar-refractivity contribution in [3.8, 4) is 11.5 Å². The number of likely N-dealkylation sites (N-methyl/N-ethyl adjacent to an activating group) is 1.